The molecule has 1 amide bonds. The van der Waals surface area contributed by atoms with Gasteiger partial charge in [-0.1, -0.05) is 13.8 Å². The number of amides is 1. The van der Waals surface area contributed by atoms with Gasteiger partial charge in [0.15, 0.2) is 0 Å². The minimum Gasteiger partial charge on any atom is -0.335 e. The fourth-order valence-corrected chi connectivity index (χ4v) is 4.28. The number of rotatable bonds is 5. The molecule has 0 heterocycles. The van der Waals surface area contributed by atoms with Crippen LogP contribution in [0.15, 0.2) is 27.6 Å². The normalized spacial score (nSPS) is 15.3. The summed E-state index contributed by atoms with van der Waals surface area (Å²) in [5.41, 5.74) is 0.352. The van der Waals surface area contributed by atoms with Crippen LogP contribution >= 0.6 is 26.6 Å². The van der Waals surface area contributed by atoms with Gasteiger partial charge in [0, 0.05) is 33.3 Å². The molecule has 0 N–H and O–H groups in total. The Morgan fingerprint density at radius 2 is 2.05 bits per heavy atom. The summed E-state index contributed by atoms with van der Waals surface area (Å²) < 4.78 is 23.4. The van der Waals surface area contributed by atoms with Crippen molar-refractivity contribution in [1.82, 2.24) is 4.90 Å². The second-order valence-electron chi connectivity index (χ2n) is 5.67. The Balaban J connectivity index is 2.34. The summed E-state index contributed by atoms with van der Waals surface area (Å²) in [5.74, 6) is 0.224. The predicted octanol–water partition coefficient (Wildman–Crippen LogP) is 3.64. The van der Waals surface area contributed by atoms with Crippen molar-refractivity contribution in [3.8, 4) is 0 Å². The largest absolute Gasteiger partial charge is 0.335 e. The Hall–Kier alpha value is -0.590. The molecule has 1 saturated carbocycles. The van der Waals surface area contributed by atoms with E-state index in [9.17, 15) is 13.2 Å². The number of hydrogen-bond acceptors (Lipinski definition) is 3. The fraction of sp³-hybridized carbons (Fsp3) is 0.500. The van der Waals surface area contributed by atoms with Crippen LogP contribution in [0.5, 0.6) is 0 Å². The molecule has 2 rings (SSSR count). The SMILES string of the molecule is CC(C)CN(C(=O)c1ccc(Br)c(S(=O)(=O)Cl)c1)C1CC1. The van der Waals surface area contributed by atoms with Gasteiger partial charge in [-0.25, -0.2) is 8.42 Å². The summed E-state index contributed by atoms with van der Waals surface area (Å²) >= 11 is 3.15. The smallest absolute Gasteiger partial charge is 0.262 e. The zero-order valence-electron chi connectivity index (χ0n) is 11.8. The lowest BCUT2D eigenvalue weighted by Gasteiger charge is -2.24. The lowest BCUT2D eigenvalue weighted by molar-refractivity contribution is 0.0722. The van der Waals surface area contributed by atoms with E-state index in [1.54, 1.807) is 12.1 Å². The maximum absolute atomic E-state index is 12.6. The molecule has 0 atom stereocenters. The van der Waals surface area contributed by atoms with Gasteiger partial charge in [0.2, 0.25) is 0 Å². The Morgan fingerprint density at radius 1 is 1.43 bits per heavy atom. The third-order valence-electron chi connectivity index (χ3n) is 3.25. The number of benzene rings is 1. The Morgan fingerprint density at radius 3 is 2.52 bits per heavy atom. The maximum Gasteiger partial charge on any atom is 0.262 e. The first-order chi connectivity index (χ1) is 9.70. The van der Waals surface area contributed by atoms with Crippen LogP contribution in [0.3, 0.4) is 0 Å². The summed E-state index contributed by atoms with van der Waals surface area (Å²) in [5, 5.41) is 0. The molecule has 7 heteroatoms. The van der Waals surface area contributed by atoms with E-state index in [1.807, 2.05) is 4.90 Å². The minimum atomic E-state index is -3.89. The van der Waals surface area contributed by atoms with Crippen LogP contribution in [0.2, 0.25) is 0 Å². The van der Waals surface area contributed by atoms with Gasteiger partial charge in [0.05, 0.1) is 4.90 Å². The summed E-state index contributed by atoms with van der Waals surface area (Å²) in [6, 6.07) is 4.78. The standard InChI is InChI=1S/C14H17BrClNO3S/c1-9(2)8-17(11-4-5-11)14(18)10-3-6-12(15)13(7-10)21(16,19)20/h3,6-7,9,11H,4-5,8H2,1-2H3. The summed E-state index contributed by atoms with van der Waals surface area (Å²) in [7, 11) is 1.51. The number of hydrogen-bond donors (Lipinski definition) is 0. The molecule has 21 heavy (non-hydrogen) atoms. The molecule has 1 aliphatic carbocycles. The lowest BCUT2D eigenvalue weighted by Crippen LogP contribution is -2.36. The van der Waals surface area contributed by atoms with Gasteiger partial charge in [0.25, 0.3) is 15.0 Å². The highest BCUT2D eigenvalue weighted by molar-refractivity contribution is 9.10. The fourth-order valence-electron chi connectivity index (χ4n) is 2.17. The van der Waals surface area contributed by atoms with Crippen molar-refractivity contribution in [3.05, 3.63) is 28.2 Å². The molecule has 4 nitrogen and oxygen atoms in total. The molecular weight excluding hydrogens is 378 g/mol. The monoisotopic (exact) mass is 393 g/mol. The predicted molar refractivity (Wildman–Crippen MR) is 86.1 cm³/mol. The zero-order chi connectivity index (χ0) is 15.8. The van der Waals surface area contributed by atoms with Crippen LogP contribution in [-0.2, 0) is 9.05 Å². The third kappa shape index (κ3) is 4.20. The van der Waals surface area contributed by atoms with Gasteiger partial charge < -0.3 is 4.90 Å². The van der Waals surface area contributed by atoms with E-state index in [0.29, 0.717) is 22.5 Å². The average molecular weight is 395 g/mol. The minimum absolute atomic E-state index is 0.0738. The van der Waals surface area contributed by atoms with E-state index in [0.717, 1.165) is 12.8 Å². The highest BCUT2D eigenvalue weighted by atomic mass is 79.9. The van der Waals surface area contributed by atoms with E-state index in [-0.39, 0.29) is 16.8 Å². The average Bonchev–Trinajstić information content (AvgIpc) is 3.18. The van der Waals surface area contributed by atoms with Crippen molar-refractivity contribution < 1.29 is 13.2 Å². The highest BCUT2D eigenvalue weighted by Crippen LogP contribution is 2.31. The van der Waals surface area contributed by atoms with Crippen LogP contribution in [0.1, 0.15) is 37.0 Å². The van der Waals surface area contributed by atoms with Crippen LogP contribution < -0.4 is 0 Å². The third-order valence-corrected chi connectivity index (χ3v) is 5.57. The van der Waals surface area contributed by atoms with Gasteiger partial charge in [0.1, 0.15) is 0 Å². The van der Waals surface area contributed by atoms with Crippen LogP contribution in [0, 0.1) is 5.92 Å². The molecule has 1 aliphatic rings. The Labute approximate surface area is 138 Å². The van der Waals surface area contributed by atoms with Gasteiger partial charge in [-0.2, -0.15) is 0 Å². The first kappa shape index (κ1) is 16.8. The summed E-state index contributed by atoms with van der Waals surface area (Å²) in [4.78, 5) is 14.4. The Bertz CT molecular complexity index is 656. The first-order valence-corrected chi connectivity index (χ1v) is 9.85. The van der Waals surface area contributed by atoms with Crippen molar-refractivity contribution in [2.24, 2.45) is 5.92 Å². The van der Waals surface area contributed by atoms with E-state index in [1.165, 1.54) is 6.07 Å². The van der Waals surface area contributed by atoms with Crippen LogP contribution in [0.25, 0.3) is 0 Å². The Kier molecular flexibility index (Phi) is 5.00. The number of carbonyl (C=O) groups is 1. The second kappa shape index (κ2) is 6.26. The number of halogens is 2. The van der Waals surface area contributed by atoms with Gasteiger partial charge in [-0.05, 0) is 52.9 Å². The van der Waals surface area contributed by atoms with Crippen molar-refractivity contribution in [1.29, 1.82) is 0 Å². The lowest BCUT2D eigenvalue weighted by atomic mass is 10.1. The van der Waals surface area contributed by atoms with E-state index < -0.39 is 9.05 Å². The van der Waals surface area contributed by atoms with Crippen molar-refractivity contribution in [2.75, 3.05) is 6.54 Å². The molecule has 0 aromatic heterocycles. The first-order valence-electron chi connectivity index (χ1n) is 6.75. The van der Waals surface area contributed by atoms with Crippen LogP contribution in [0.4, 0.5) is 0 Å². The molecule has 0 unspecified atom stereocenters. The number of carbonyl (C=O) groups excluding carboxylic acids is 1. The second-order valence-corrected chi connectivity index (χ2v) is 9.05. The molecule has 0 spiro atoms. The van der Waals surface area contributed by atoms with Gasteiger partial charge in [-0.3, -0.25) is 4.79 Å². The highest BCUT2D eigenvalue weighted by Gasteiger charge is 2.33. The van der Waals surface area contributed by atoms with Crippen molar-refractivity contribution >= 4 is 41.6 Å². The van der Waals surface area contributed by atoms with E-state index >= 15 is 0 Å². The molecule has 1 aromatic carbocycles. The van der Waals surface area contributed by atoms with Gasteiger partial charge >= 0.3 is 0 Å². The molecule has 0 bridgehead atoms. The topological polar surface area (TPSA) is 54.5 Å². The molecule has 116 valence electrons. The van der Waals surface area contributed by atoms with Gasteiger partial charge in [-0.15, -0.1) is 0 Å². The molecular formula is C14H17BrClNO3S. The van der Waals surface area contributed by atoms with Crippen molar-refractivity contribution in [3.63, 3.8) is 0 Å². The molecule has 1 aromatic rings. The molecule has 0 saturated heterocycles. The molecule has 1 fully saturated rings. The summed E-state index contributed by atoms with van der Waals surface area (Å²) in [6.07, 6.45) is 2.02. The van der Waals surface area contributed by atoms with E-state index in [4.69, 9.17) is 10.7 Å². The van der Waals surface area contributed by atoms with Crippen LogP contribution in [-0.4, -0.2) is 31.8 Å². The maximum atomic E-state index is 12.6. The number of nitrogens with zero attached hydrogens (tertiary/aromatic N) is 1. The molecule has 0 aliphatic heterocycles. The summed E-state index contributed by atoms with van der Waals surface area (Å²) in [6.45, 7) is 4.78. The molecule has 0 radical (unpaired) electrons. The van der Waals surface area contributed by atoms with E-state index in [2.05, 4.69) is 29.8 Å². The zero-order valence-corrected chi connectivity index (χ0v) is 15.0. The van der Waals surface area contributed by atoms with Crippen molar-refractivity contribution in [2.45, 2.75) is 37.6 Å². The quantitative estimate of drug-likeness (QED) is 0.717.